The molecule has 2 nitrogen and oxygen atoms in total. The van der Waals surface area contributed by atoms with E-state index in [0.29, 0.717) is 16.8 Å². The van der Waals surface area contributed by atoms with Crippen LogP contribution in [-0.2, 0) is 0 Å². The van der Waals surface area contributed by atoms with E-state index in [1.165, 1.54) is 17.4 Å². The standard InChI is InChI=1S/C8H7FN2S/c1-4-6(9)2-5-7(10)3-12-8(5)11-4/h2-3H,10H2,1H3. The molecule has 0 fully saturated rings. The van der Waals surface area contributed by atoms with Crippen LogP contribution >= 0.6 is 11.3 Å². The summed E-state index contributed by atoms with van der Waals surface area (Å²) in [7, 11) is 0. The van der Waals surface area contributed by atoms with Gasteiger partial charge in [-0.05, 0) is 13.0 Å². The number of hydrogen-bond donors (Lipinski definition) is 1. The molecule has 2 N–H and O–H groups in total. The lowest BCUT2D eigenvalue weighted by Gasteiger charge is -1.95. The number of hydrogen-bond acceptors (Lipinski definition) is 3. The Morgan fingerprint density at radius 2 is 2.33 bits per heavy atom. The van der Waals surface area contributed by atoms with Crippen molar-refractivity contribution in [3.63, 3.8) is 0 Å². The highest BCUT2D eigenvalue weighted by Gasteiger charge is 2.05. The van der Waals surface area contributed by atoms with Crippen LogP contribution in [-0.4, -0.2) is 4.98 Å². The molecule has 62 valence electrons. The SMILES string of the molecule is Cc1nc2scc(N)c2cc1F. The van der Waals surface area contributed by atoms with E-state index in [1.807, 2.05) is 0 Å². The number of nitrogens with two attached hydrogens (primary N) is 1. The maximum Gasteiger partial charge on any atom is 0.145 e. The number of pyridine rings is 1. The van der Waals surface area contributed by atoms with Crippen LogP contribution in [0.15, 0.2) is 11.4 Å². The minimum Gasteiger partial charge on any atom is -0.398 e. The van der Waals surface area contributed by atoms with E-state index < -0.39 is 0 Å². The third-order valence-corrected chi connectivity index (χ3v) is 2.63. The topological polar surface area (TPSA) is 38.9 Å². The molecule has 2 rings (SSSR count). The first-order valence-electron chi connectivity index (χ1n) is 3.48. The summed E-state index contributed by atoms with van der Waals surface area (Å²) in [5, 5.41) is 2.49. The second-order valence-corrected chi connectivity index (χ2v) is 3.46. The van der Waals surface area contributed by atoms with E-state index in [0.717, 1.165) is 4.83 Å². The Labute approximate surface area is 72.8 Å². The Morgan fingerprint density at radius 3 is 3.08 bits per heavy atom. The molecule has 12 heavy (non-hydrogen) atoms. The molecular formula is C8H7FN2S. The highest BCUT2D eigenvalue weighted by molar-refractivity contribution is 7.17. The number of aryl methyl sites for hydroxylation is 1. The van der Waals surface area contributed by atoms with Crippen LogP contribution in [0.5, 0.6) is 0 Å². The van der Waals surface area contributed by atoms with E-state index in [4.69, 9.17) is 5.73 Å². The number of halogens is 1. The Kier molecular flexibility index (Phi) is 1.51. The van der Waals surface area contributed by atoms with Crippen LogP contribution in [0.1, 0.15) is 5.69 Å². The monoisotopic (exact) mass is 182 g/mol. The van der Waals surface area contributed by atoms with Gasteiger partial charge in [0.2, 0.25) is 0 Å². The number of fused-ring (bicyclic) bond motifs is 1. The van der Waals surface area contributed by atoms with Crippen LogP contribution in [0.4, 0.5) is 10.1 Å². The Hall–Kier alpha value is -1.16. The summed E-state index contributed by atoms with van der Waals surface area (Å²) in [6.07, 6.45) is 0. The van der Waals surface area contributed by atoms with E-state index >= 15 is 0 Å². The summed E-state index contributed by atoms with van der Waals surface area (Å²) in [6.45, 7) is 1.64. The van der Waals surface area contributed by atoms with Crippen LogP contribution in [0.25, 0.3) is 10.2 Å². The first-order valence-corrected chi connectivity index (χ1v) is 4.36. The lowest BCUT2D eigenvalue weighted by Crippen LogP contribution is -1.88. The molecule has 0 aliphatic carbocycles. The number of anilines is 1. The van der Waals surface area contributed by atoms with Crippen LogP contribution in [0, 0.1) is 12.7 Å². The lowest BCUT2D eigenvalue weighted by molar-refractivity contribution is 0.613. The van der Waals surface area contributed by atoms with E-state index in [9.17, 15) is 4.39 Å². The van der Waals surface area contributed by atoms with Gasteiger partial charge in [-0.1, -0.05) is 0 Å². The molecular weight excluding hydrogens is 175 g/mol. The Bertz CT molecular complexity index is 436. The normalized spacial score (nSPS) is 10.8. The van der Waals surface area contributed by atoms with E-state index in [1.54, 1.807) is 12.3 Å². The number of nitrogen functional groups attached to an aromatic ring is 1. The summed E-state index contributed by atoms with van der Waals surface area (Å²) in [6, 6.07) is 1.43. The zero-order chi connectivity index (χ0) is 8.72. The van der Waals surface area contributed by atoms with Gasteiger partial charge in [-0.25, -0.2) is 9.37 Å². The summed E-state index contributed by atoms with van der Waals surface area (Å²) >= 11 is 1.43. The van der Waals surface area contributed by atoms with Crippen LogP contribution < -0.4 is 5.73 Å². The molecule has 0 unspecified atom stereocenters. The maximum absolute atomic E-state index is 13.0. The smallest absolute Gasteiger partial charge is 0.145 e. The first-order chi connectivity index (χ1) is 5.68. The van der Waals surface area contributed by atoms with Gasteiger partial charge in [-0.2, -0.15) is 0 Å². The lowest BCUT2D eigenvalue weighted by atomic mass is 10.3. The minimum absolute atomic E-state index is 0.299. The van der Waals surface area contributed by atoms with E-state index in [-0.39, 0.29) is 5.82 Å². The number of nitrogens with zero attached hydrogens (tertiary/aromatic N) is 1. The molecule has 0 aromatic carbocycles. The fourth-order valence-corrected chi connectivity index (χ4v) is 1.90. The van der Waals surface area contributed by atoms with Crippen molar-refractivity contribution in [2.45, 2.75) is 6.92 Å². The van der Waals surface area contributed by atoms with Crippen LogP contribution in [0.3, 0.4) is 0 Å². The van der Waals surface area contributed by atoms with Gasteiger partial charge in [0.1, 0.15) is 10.6 Å². The van der Waals surface area contributed by atoms with Crippen molar-refractivity contribution in [3.8, 4) is 0 Å². The predicted octanol–water partition coefficient (Wildman–Crippen LogP) is 2.33. The van der Waals surface area contributed by atoms with Crippen LogP contribution in [0.2, 0.25) is 0 Å². The van der Waals surface area contributed by atoms with Gasteiger partial charge in [0.05, 0.1) is 11.4 Å². The highest BCUT2D eigenvalue weighted by Crippen LogP contribution is 2.27. The van der Waals surface area contributed by atoms with Gasteiger partial charge in [-0.3, -0.25) is 0 Å². The molecule has 0 radical (unpaired) electrons. The summed E-state index contributed by atoms with van der Waals surface area (Å²) in [5.41, 5.74) is 6.62. The molecule has 0 aliphatic rings. The Morgan fingerprint density at radius 1 is 1.58 bits per heavy atom. The highest BCUT2D eigenvalue weighted by atomic mass is 32.1. The van der Waals surface area contributed by atoms with Gasteiger partial charge in [0.15, 0.2) is 0 Å². The molecule has 0 atom stereocenters. The molecule has 0 aliphatic heterocycles. The van der Waals surface area contributed by atoms with Crippen molar-refractivity contribution in [3.05, 3.63) is 23.0 Å². The molecule has 0 saturated carbocycles. The quantitative estimate of drug-likeness (QED) is 0.679. The maximum atomic E-state index is 13.0. The first kappa shape index (κ1) is 7.49. The number of rotatable bonds is 0. The molecule has 0 bridgehead atoms. The average Bonchev–Trinajstić information content (AvgIpc) is 2.35. The number of thiophene rings is 1. The predicted molar refractivity (Wildman–Crippen MR) is 48.7 cm³/mol. The van der Waals surface area contributed by atoms with E-state index in [2.05, 4.69) is 4.98 Å². The molecule has 0 amide bonds. The van der Waals surface area contributed by atoms with Crippen molar-refractivity contribution in [2.24, 2.45) is 0 Å². The molecule has 2 aromatic rings. The zero-order valence-electron chi connectivity index (χ0n) is 6.47. The van der Waals surface area contributed by atoms with Crippen molar-refractivity contribution in [1.29, 1.82) is 0 Å². The molecule has 4 heteroatoms. The third kappa shape index (κ3) is 0.956. The van der Waals surface area contributed by atoms with Crippen molar-refractivity contribution in [1.82, 2.24) is 4.98 Å². The number of aromatic nitrogens is 1. The van der Waals surface area contributed by atoms with Gasteiger partial charge in [0.25, 0.3) is 0 Å². The summed E-state index contributed by atoms with van der Waals surface area (Å²) in [4.78, 5) is 4.86. The minimum atomic E-state index is -0.299. The van der Waals surface area contributed by atoms with Crippen molar-refractivity contribution >= 4 is 27.2 Å². The average molecular weight is 182 g/mol. The Balaban J connectivity index is 2.87. The summed E-state index contributed by atoms with van der Waals surface area (Å²) in [5.74, 6) is -0.299. The second-order valence-electron chi connectivity index (χ2n) is 2.60. The largest absolute Gasteiger partial charge is 0.398 e. The van der Waals surface area contributed by atoms with Gasteiger partial charge in [-0.15, -0.1) is 11.3 Å². The molecule has 2 aromatic heterocycles. The van der Waals surface area contributed by atoms with Gasteiger partial charge < -0.3 is 5.73 Å². The molecule has 2 heterocycles. The van der Waals surface area contributed by atoms with Crippen molar-refractivity contribution in [2.75, 3.05) is 5.73 Å². The van der Waals surface area contributed by atoms with Crippen molar-refractivity contribution < 1.29 is 4.39 Å². The third-order valence-electron chi connectivity index (χ3n) is 1.72. The second kappa shape index (κ2) is 2.42. The zero-order valence-corrected chi connectivity index (χ0v) is 7.28. The van der Waals surface area contributed by atoms with Gasteiger partial charge >= 0.3 is 0 Å². The summed E-state index contributed by atoms with van der Waals surface area (Å²) < 4.78 is 13.0. The fourth-order valence-electron chi connectivity index (χ4n) is 1.04. The fraction of sp³-hybridized carbons (Fsp3) is 0.125. The van der Waals surface area contributed by atoms with Gasteiger partial charge in [0, 0.05) is 10.8 Å². The molecule has 0 saturated heterocycles. The molecule has 0 spiro atoms.